The molecular weight excluding hydrogens is 314 g/mol. The zero-order chi connectivity index (χ0) is 16.3. The first kappa shape index (κ1) is 16.4. The van der Waals surface area contributed by atoms with Gasteiger partial charge in [-0.25, -0.2) is 13.1 Å². The van der Waals surface area contributed by atoms with Crippen LogP contribution in [0.2, 0.25) is 0 Å². The summed E-state index contributed by atoms with van der Waals surface area (Å²) in [5.41, 5.74) is 0.382. The van der Waals surface area contributed by atoms with E-state index in [4.69, 9.17) is 0 Å². The molecule has 1 atom stereocenters. The van der Waals surface area contributed by atoms with Crippen LogP contribution in [0.4, 0.5) is 0 Å². The first-order valence-corrected chi connectivity index (χ1v) is 9.64. The molecule has 2 aliphatic rings. The van der Waals surface area contributed by atoms with E-state index in [1.807, 2.05) is 0 Å². The predicted octanol–water partition coefficient (Wildman–Crippen LogP) is 0.857. The lowest BCUT2D eigenvalue weighted by Gasteiger charge is -2.22. The normalized spacial score (nSPS) is 21.8. The molecule has 0 radical (unpaired) electrons. The molecule has 3 rings (SSSR count). The lowest BCUT2D eigenvalue weighted by Crippen LogP contribution is -2.38. The number of piperidine rings is 1. The van der Waals surface area contributed by atoms with Crippen LogP contribution in [-0.2, 0) is 10.0 Å². The number of carbonyl (C=O) groups is 1. The van der Waals surface area contributed by atoms with Crippen LogP contribution in [0, 0.1) is 5.92 Å². The van der Waals surface area contributed by atoms with E-state index in [2.05, 4.69) is 15.4 Å². The van der Waals surface area contributed by atoms with Gasteiger partial charge in [0, 0.05) is 18.2 Å². The van der Waals surface area contributed by atoms with Crippen molar-refractivity contribution in [3.63, 3.8) is 0 Å². The number of hydrogen-bond acceptors (Lipinski definition) is 4. The smallest absolute Gasteiger partial charge is 0.251 e. The third kappa shape index (κ3) is 4.53. The molecule has 1 aromatic carbocycles. The molecule has 1 aliphatic heterocycles. The fourth-order valence-electron chi connectivity index (χ4n) is 2.73. The molecule has 0 aromatic heterocycles. The van der Waals surface area contributed by atoms with Gasteiger partial charge in [0.25, 0.3) is 5.91 Å². The Morgan fingerprint density at radius 1 is 1.26 bits per heavy atom. The maximum atomic E-state index is 12.3. The minimum Gasteiger partial charge on any atom is -0.352 e. The molecule has 126 valence electrons. The zero-order valence-electron chi connectivity index (χ0n) is 13.0. The van der Waals surface area contributed by atoms with Gasteiger partial charge in [-0.3, -0.25) is 4.79 Å². The Morgan fingerprint density at radius 3 is 2.78 bits per heavy atom. The van der Waals surface area contributed by atoms with Gasteiger partial charge in [0.15, 0.2) is 0 Å². The highest BCUT2D eigenvalue weighted by molar-refractivity contribution is 7.89. The summed E-state index contributed by atoms with van der Waals surface area (Å²) in [6, 6.07) is 6.27. The van der Waals surface area contributed by atoms with E-state index >= 15 is 0 Å². The molecule has 1 amide bonds. The molecular formula is C16H23N3O3S. The maximum Gasteiger partial charge on any atom is 0.251 e. The van der Waals surface area contributed by atoms with Gasteiger partial charge in [-0.1, -0.05) is 6.07 Å². The minimum atomic E-state index is -3.53. The number of benzene rings is 1. The van der Waals surface area contributed by atoms with Crippen molar-refractivity contribution in [1.29, 1.82) is 0 Å². The molecule has 0 spiro atoms. The van der Waals surface area contributed by atoms with E-state index in [0.29, 0.717) is 18.0 Å². The Labute approximate surface area is 137 Å². The average Bonchev–Trinajstić information content (AvgIpc) is 3.37. The number of sulfonamides is 1. The van der Waals surface area contributed by atoms with Crippen molar-refractivity contribution in [1.82, 2.24) is 15.4 Å². The standard InChI is InChI=1S/C16H23N3O3S/c20-16(18-11-12-3-2-8-17-10-12)13-4-1-5-15(9-13)23(21,22)19-14-6-7-14/h1,4-5,9,12,14,17,19H,2-3,6-8,10-11H2,(H,18,20). The number of amides is 1. The Bertz CT molecular complexity index is 665. The number of rotatable bonds is 6. The third-order valence-corrected chi connectivity index (χ3v) is 5.77. The largest absolute Gasteiger partial charge is 0.352 e. The summed E-state index contributed by atoms with van der Waals surface area (Å²) in [5.74, 6) is 0.218. The van der Waals surface area contributed by atoms with Gasteiger partial charge >= 0.3 is 0 Å². The van der Waals surface area contributed by atoms with Gasteiger partial charge in [-0.05, 0) is 62.9 Å². The maximum absolute atomic E-state index is 12.3. The molecule has 6 nitrogen and oxygen atoms in total. The summed E-state index contributed by atoms with van der Waals surface area (Å²) >= 11 is 0. The van der Waals surface area contributed by atoms with E-state index in [9.17, 15) is 13.2 Å². The lowest BCUT2D eigenvalue weighted by molar-refractivity contribution is 0.0944. The second-order valence-electron chi connectivity index (χ2n) is 6.35. The van der Waals surface area contributed by atoms with E-state index in [1.54, 1.807) is 12.1 Å². The first-order valence-electron chi connectivity index (χ1n) is 8.16. The minimum absolute atomic E-state index is 0.0521. The van der Waals surface area contributed by atoms with Crippen LogP contribution >= 0.6 is 0 Å². The molecule has 1 aliphatic carbocycles. The second-order valence-corrected chi connectivity index (χ2v) is 8.06. The molecule has 3 N–H and O–H groups in total. The van der Waals surface area contributed by atoms with Crippen molar-refractivity contribution in [2.24, 2.45) is 5.92 Å². The topological polar surface area (TPSA) is 87.3 Å². The van der Waals surface area contributed by atoms with E-state index in [-0.39, 0.29) is 16.8 Å². The Hall–Kier alpha value is -1.44. The van der Waals surface area contributed by atoms with Crippen LogP contribution in [0.3, 0.4) is 0 Å². The van der Waals surface area contributed by atoms with Crippen LogP contribution in [0.25, 0.3) is 0 Å². The van der Waals surface area contributed by atoms with Crippen molar-refractivity contribution in [2.75, 3.05) is 19.6 Å². The van der Waals surface area contributed by atoms with E-state index in [0.717, 1.165) is 38.8 Å². The van der Waals surface area contributed by atoms with Crippen molar-refractivity contribution < 1.29 is 13.2 Å². The van der Waals surface area contributed by atoms with Crippen LogP contribution in [0.15, 0.2) is 29.2 Å². The predicted molar refractivity (Wildman–Crippen MR) is 87.7 cm³/mol. The SMILES string of the molecule is O=C(NCC1CCCNC1)c1cccc(S(=O)(=O)NC2CC2)c1. The van der Waals surface area contributed by atoms with Crippen LogP contribution in [-0.4, -0.2) is 40.0 Å². The van der Waals surface area contributed by atoms with Crippen molar-refractivity contribution >= 4 is 15.9 Å². The third-order valence-electron chi connectivity index (χ3n) is 4.26. The molecule has 7 heteroatoms. The molecule has 23 heavy (non-hydrogen) atoms. The fourth-order valence-corrected chi connectivity index (χ4v) is 4.08. The van der Waals surface area contributed by atoms with Crippen molar-refractivity contribution in [3.8, 4) is 0 Å². The van der Waals surface area contributed by atoms with Crippen LogP contribution in [0.1, 0.15) is 36.0 Å². The summed E-state index contributed by atoms with van der Waals surface area (Å²) in [5, 5.41) is 6.22. The summed E-state index contributed by atoms with van der Waals surface area (Å²) in [7, 11) is -3.53. The van der Waals surface area contributed by atoms with Crippen LogP contribution < -0.4 is 15.4 Å². The van der Waals surface area contributed by atoms with E-state index in [1.165, 1.54) is 12.1 Å². The van der Waals surface area contributed by atoms with Gasteiger partial charge in [-0.2, -0.15) is 0 Å². The molecule has 0 bridgehead atoms. The summed E-state index contributed by atoms with van der Waals surface area (Å²) < 4.78 is 27.1. The lowest BCUT2D eigenvalue weighted by atomic mass is 10.00. The highest BCUT2D eigenvalue weighted by Gasteiger charge is 2.28. The molecule has 1 saturated heterocycles. The summed E-state index contributed by atoms with van der Waals surface area (Å²) in [6.45, 7) is 2.57. The van der Waals surface area contributed by atoms with Gasteiger partial charge < -0.3 is 10.6 Å². The quantitative estimate of drug-likeness (QED) is 0.718. The highest BCUT2D eigenvalue weighted by atomic mass is 32.2. The molecule has 2 fully saturated rings. The average molecular weight is 337 g/mol. The second kappa shape index (κ2) is 6.98. The fraction of sp³-hybridized carbons (Fsp3) is 0.562. The van der Waals surface area contributed by atoms with E-state index < -0.39 is 10.0 Å². The van der Waals surface area contributed by atoms with Crippen molar-refractivity contribution in [3.05, 3.63) is 29.8 Å². The first-order chi connectivity index (χ1) is 11.0. The number of hydrogen-bond donors (Lipinski definition) is 3. The Balaban J connectivity index is 1.62. The number of carbonyl (C=O) groups excluding carboxylic acids is 1. The van der Waals surface area contributed by atoms with Crippen LogP contribution in [0.5, 0.6) is 0 Å². The zero-order valence-corrected chi connectivity index (χ0v) is 13.9. The Morgan fingerprint density at radius 2 is 2.09 bits per heavy atom. The Kier molecular flexibility index (Phi) is 4.99. The monoisotopic (exact) mass is 337 g/mol. The summed E-state index contributed by atoms with van der Waals surface area (Å²) in [6.07, 6.45) is 4.00. The summed E-state index contributed by atoms with van der Waals surface area (Å²) in [4.78, 5) is 12.4. The van der Waals surface area contributed by atoms with Gasteiger partial charge in [0.05, 0.1) is 4.90 Å². The van der Waals surface area contributed by atoms with Crippen molar-refractivity contribution in [2.45, 2.75) is 36.6 Å². The highest BCUT2D eigenvalue weighted by Crippen LogP contribution is 2.22. The van der Waals surface area contributed by atoms with Gasteiger partial charge in [0.2, 0.25) is 10.0 Å². The molecule has 1 unspecified atom stereocenters. The molecule has 1 aromatic rings. The van der Waals surface area contributed by atoms with Gasteiger partial charge in [-0.15, -0.1) is 0 Å². The molecule has 1 heterocycles. The molecule has 1 saturated carbocycles. The number of nitrogens with one attached hydrogen (secondary N) is 3. The van der Waals surface area contributed by atoms with Gasteiger partial charge in [0.1, 0.15) is 0 Å².